The molecule has 0 saturated carbocycles. The Morgan fingerprint density at radius 1 is 1.43 bits per heavy atom. The van der Waals surface area contributed by atoms with Crippen molar-refractivity contribution in [1.82, 2.24) is 5.32 Å². The number of thioether (sulfide) groups is 1. The summed E-state index contributed by atoms with van der Waals surface area (Å²) in [4.78, 5) is 35.9. The summed E-state index contributed by atoms with van der Waals surface area (Å²) < 4.78 is 0. The lowest BCUT2D eigenvalue weighted by Gasteiger charge is -2.21. The minimum atomic E-state index is -0.907. The molecule has 2 amide bonds. The van der Waals surface area contributed by atoms with Crippen LogP contribution in [0.2, 0.25) is 0 Å². The highest BCUT2D eigenvalue weighted by atomic mass is 32.2. The molecule has 0 fully saturated rings. The molecule has 0 saturated heterocycles. The van der Waals surface area contributed by atoms with Crippen molar-refractivity contribution in [2.75, 3.05) is 11.9 Å². The van der Waals surface area contributed by atoms with Crippen molar-refractivity contribution in [3.8, 4) is 0 Å². The summed E-state index contributed by atoms with van der Waals surface area (Å²) in [6.45, 7) is 3.82. The van der Waals surface area contributed by atoms with Crippen LogP contribution in [0, 0.1) is 5.92 Å². The molecule has 0 spiro atoms. The molecule has 6 nitrogen and oxygen atoms in total. The molecule has 0 aromatic heterocycles. The van der Waals surface area contributed by atoms with Crippen LogP contribution in [-0.2, 0) is 9.59 Å². The highest BCUT2D eigenvalue weighted by Crippen LogP contribution is 2.35. The van der Waals surface area contributed by atoms with Gasteiger partial charge in [-0.05, 0) is 31.5 Å². The van der Waals surface area contributed by atoms with E-state index in [0.717, 1.165) is 11.3 Å². The second kappa shape index (κ2) is 7.50. The van der Waals surface area contributed by atoms with Crippen LogP contribution in [0.1, 0.15) is 37.0 Å². The van der Waals surface area contributed by atoms with Gasteiger partial charge in [0.1, 0.15) is 0 Å². The van der Waals surface area contributed by atoms with Crippen molar-refractivity contribution in [1.29, 1.82) is 0 Å². The Labute approximate surface area is 139 Å². The first-order chi connectivity index (χ1) is 10.9. The van der Waals surface area contributed by atoms with Gasteiger partial charge in [0.05, 0.1) is 16.9 Å². The topological polar surface area (TPSA) is 95.5 Å². The van der Waals surface area contributed by atoms with Crippen LogP contribution in [0.15, 0.2) is 23.1 Å². The normalized spacial score (nSPS) is 17.8. The minimum absolute atomic E-state index is 0.0889. The number of carboxylic acids is 1. The first-order valence-electron chi connectivity index (χ1n) is 7.55. The molecule has 1 aromatic rings. The maximum atomic E-state index is 12.2. The standard InChI is InChI=1S/C16H20N2O4S/c1-3-4-11(16(21)22)8-17-15(20)10-5-6-13-12(7-10)18-14(19)9(2)23-13/h5-7,9,11H,3-4,8H2,1-2H3,(H,17,20)(H,18,19)(H,21,22). The van der Waals surface area contributed by atoms with Crippen molar-refractivity contribution >= 4 is 35.2 Å². The molecule has 1 aromatic carbocycles. The molecule has 0 radical (unpaired) electrons. The van der Waals surface area contributed by atoms with Gasteiger partial charge in [-0.1, -0.05) is 13.3 Å². The molecule has 2 atom stereocenters. The molecule has 1 aliphatic rings. The van der Waals surface area contributed by atoms with Crippen LogP contribution >= 0.6 is 11.8 Å². The van der Waals surface area contributed by atoms with Gasteiger partial charge in [-0.2, -0.15) is 0 Å². The Bertz CT molecular complexity index is 633. The molecule has 7 heteroatoms. The number of aliphatic carboxylic acids is 1. The molecular weight excluding hydrogens is 316 g/mol. The Morgan fingerprint density at radius 3 is 2.83 bits per heavy atom. The van der Waals surface area contributed by atoms with E-state index in [1.807, 2.05) is 13.8 Å². The number of carbonyl (C=O) groups excluding carboxylic acids is 2. The van der Waals surface area contributed by atoms with Crippen molar-refractivity contribution in [3.05, 3.63) is 23.8 Å². The molecule has 0 bridgehead atoms. The summed E-state index contributed by atoms with van der Waals surface area (Å²) in [6.07, 6.45) is 1.26. The van der Waals surface area contributed by atoms with Gasteiger partial charge in [-0.25, -0.2) is 0 Å². The summed E-state index contributed by atoms with van der Waals surface area (Å²) in [5.74, 6) is -1.92. The van der Waals surface area contributed by atoms with Crippen LogP contribution in [-0.4, -0.2) is 34.7 Å². The van der Waals surface area contributed by atoms with E-state index in [1.54, 1.807) is 18.2 Å². The average Bonchev–Trinajstić information content (AvgIpc) is 2.51. The van der Waals surface area contributed by atoms with E-state index in [9.17, 15) is 14.4 Å². The Kier molecular flexibility index (Phi) is 5.65. The van der Waals surface area contributed by atoms with Crippen LogP contribution in [0.25, 0.3) is 0 Å². The third-order valence-electron chi connectivity index (χ3n) is 3.67. The molecule has 1 aliphatic heterocycles. The predicted molar refractivity (Wildman–Crippen MR) is 88.8 cm³/mol. The maximum absolute atomic E-state index is 12.2. The number of anilines is 1. The maximum Gasteiger partial charge on any atom is 0.308 e. The molecule has 124 valence electrons. The van der Waals surface area contributed by atoms with Crippen molar-refractivity contribution in [2.45, 2.75) is 36.8 Å². The fourth-order valence-corrected chi connectivity index (χ4v) is 3.26. The van der Waals surface area contributed by atoms with Gasteiger partial charge in [0, 0.05) is 17.0 Å². The molecule has 2 rings (SSSR count). The van der Waals surface area contributed by atoms with Crippen LogP contribution in [0.3, 0.4) is 0 Å². The van der Waals surface area contributed by atoms with Crippen LogP contribution in [0.4, 0.5) is 5.69 Å². The minimum Gasteiger partial charge on any atom is -0.481 e. The fraction of sp³-hybridized carbons (Fsp3) is 0.438. The van der Waals surface area contributed by atoms with Gasteiger partial charge in [-0.15, -0.1) is 11.8 Å². The number of fused-ring (bicyclic) bond motifs is 1. The fourth-order valence-electron chi connectivity index (χ4n) is 2.33. The number of nitrogens with one attached hydrogen (secondary N) is 2. The van der Waals surface area contributed by atoms with E-state index in [1.165, 1.54) is 11.8 Å². The number of carbonyl (C=O) groups is 3. The van der Waals surface area contributed by atoms with E-state index in [4.69, 9.17) is 5.11 Å². The number of benzene rings is 1. The Morgan fingerprint density at radius 2 is 2.17 bits per heavy atom. The van der Waals surface area contributed by atoms with E-state index < -0.39 is 11.9 Å². The zero-order valence-electron chi connectivity index (χ0n) is 13.1. The van der Waals surface area contributed by atoms with E-state index in [2.05, 4.69) is 10.6 Å². The Hall–Kier alpha value is -2.02. The largest absolute Gasteiger partial charge is 0.481 e. The highest BCUT2D eigenvalue weighted by molar-refractivity contribution is 8.00. The zero-order valence-corrected chi connectivity index (χ0v) is 13.9. The van der Waals surface area contributed by atoms with Gasteiger partial charge < -0.3 is 15.7 Å². The molecule has 3 N–H and O–H groups in total. The van der Waals surface area contributed by atoms with Gasteiger partial charge in [0.25, 0.3) is 5.91 Å². The third-order valence-corrected chi connectivity index (χ3v) is 4.85. The molecule has 2 unspecified atom stereocenters. The first kappa shape index (κ1) is 17.3. The average molecular weight is 336 g/mol. The predicted octanol–water partition coefficient (Wildman–Crippen LogP) is 2.35. The van der Waals surface area contributed by atoms with Crippen LogP contribution < -0.4 is 10.6 Å². The second-order valence-electron chi connectivity index (χ2n) is 5.49. The van der Waals surface area contributed by atoms with Crippen LogP contribution in [0.5, 0.6) is 0 Å². The first-order valence-corrected chi connectivity index (χ1v) is 8.43. The van der Waals surface area contributed by atoms with E-state index >= 15 is 0 Å². The number of hydrogen-bond acceptors (Lipinski definition) is 4. The Balaban J connectivity index is 2.04. The SMILES string of the molecule is CCCC(CNC(=O)c1ccc2c(c1)NC(=O)C(C)S2)C(=O)O. The monoisotopic (exact) mass is 336 g/mol. The summed E-state index contributed by atoms with van der Waals surface area (Å²) in [5.41, 5.74) is 1.02. The van der Waals surface area contributed by atoms with Gasteiger partial charge in [0.2, 0.25) is 5.91 Å². The number of rotatable bonds is 6. The smallest absolute Gasteiger partial charge is 0.308 e. The van der Waals surface area contributed by atoms with Crippen molar-refractivity contribution in [2.24, 2.45) is 5.92 Å². The van der Waals surface area contributed by atoms with Crippen molar-refractivity contribution in [3.63, 3.8) is 0 Å². The molecule has 0 aliphatic carbocycles. The van der Waals surface area contributed by atoms with Crippen molar-refractivity contribution < 1.29 is 19.5 Å². The quantitative estimate of drug-likeness (QED) is 0.741. The third kappa shape index (κ3) is 4.25. The van der Waals surface area contributed by atoms with Gasteiger partial charge >= 0.3 is 5.97 Å². The summed E-state index contributed by atoms with van der Waals surface area (Å²) in [5, 5.41) is 14.4. The summed E-state index contributed by atoms with van der Waals surface area (Å²) in [6, 6.07) is 5.10. The van der Waals surface area contributed by atoms with Gasteiger partial charge in [0.15, 0.2) is 0 Å². The second-order valence-corrected chi connectivity index (χ2v) is 6.88. The summed E-state index contributed by atoms with van der Waals surface area (Å²) in [7, 11) is 0. The highest BCUT2D eigenvalue weighted by Gasteiger charge is 2.24. The van der Waals surface area contributed by atoms with Gasteiger partial charge in [-0.3, -0.25) is 14.4 Å². The lowest BCUT2D eigenvalue weighted by atomic mass is 10.0. The molecule has 1 heterocycles. The lowest BCUT2D eigenvalue weighted by molar-refractivity contribution is -0.141. The van der Waals surface area contributed by atoms with E-state index in [-0.39, 0.29) is 23.6 Å². The summed E-state index contributed by atoms with van der Waals surface area (Å²) >= 11 is 1.45. The number of carboxylic acid groups (broad SMARTS) is 1. The molecule has 23 heavy (non-hydrogen) atoms. The lowest BCUT2D eigenvalue weighted by Crippen LogP contribution is -2.33. The number of hydrogen-bond donors (Lipinski definition) is 3. The zero-order chi connectivity index (χ0) is 17.0. The number of amides is 2. The molecular formula is C16H20N2O4S. The van der Waals surface area contributed by atoms with E-state index in [0.29, 0.717) is 17.7 Å².